The van der Waals surface area contributed by atoms with E-state index in [2.05, 4.69) is 15.3 Å². The fourth-order valence-corrected chi connectivity index (χ4v) is 3.18. The zero-order valence-corrected chi connectivity index (χ0v) is 15.9. The van der Waals surface area contributed by atoms with Crippen molar-refractivity contribution in [2.24, 2.45) is 10.7 Å². The van der Waals surface area contributed by atoms with E-state index in [0.29, 0.717) is 19.0 Å². The van der Waals surface area contributed by atoms with Crippen molar-refractivity contribution in [3.63, 3.8) is 0 Å². The molecule has 0 amide bonds. The van der Waals surface area contributed by atoms with Crippen molar-refractivity contribution in [3.05, 3.63) is 53.9 Å². The zero-order valence-electron chi connectivity index (χ0n) is 15.9. The summed E-state index contributed by atoms with van der Waals surface area (Å²) >= 11 is 0. The van der Waals surface area contributed by atoms with Gasteiger partial charge in [0.1, 0.15) is 11.5 Å². The van der Waals surface area contributed by atoms with Gasteiger partial charge >= 0.3 is 0 Å². The number of nitrogens with one attached hydrogen (secondary N) is 1. The lowest BCUT2D eigenvalue weighted by molar-refractivity contribution is 0.207. The molecular weight excluding hydrogens is 340 g/mol. The Morgan fingerprint density at radius 2 is 2.11 bits per heavy atom. The van der Waals surface area contributed by atoms with Gasteiger partial charge in [0.2, 0.25) is 0 Å². The molecule has 6 nitrogen and oxygen atoms in total. The van der Waals surface area contributed by atoms with Gasteiger partial charge < -0.3 is 20.5 Å². The van der Waals surface area contributed by atoms with Crippen LogP contribution in [0.2, 0.25) is 0 Å². The van der Waals surface area contributed by atoms with Crippen LogP contribution in [0.4, 0.5) is 0 Å². The third kappa shape index (κ3) is 5.88. The van der Waals surface area contributed by atoms with Gasteiger partial charge in [-0.2, -0.15) is 0 Å². The minimum absolute atomic E-state index is 0.286. The van der Waals surface area contributed by atoms with Crippen LogP contribution in [0.3, 0.4) is 0 Å². The molecule has 1 aromatic carbocycles. The molecule has 0 saturated heterocycles. The molecule has 3 N–H and O–H groups in total. The Labute approximate surface area is 160 Å². The molecule has 0 spiro atoms. The van der Waals surface area contributed by atoms with Crippen molar-refractivity contribution in [2.75, 3.05) is 13.7 Å². The molecule has 0 aliphatic heterocycles. The summed E-state index contributed by atoms with van der Waals surface area (Å²) in [5.41, 5.74) is 8.05. The quantitative estimate of drug-likeness (QED) is 0.553. The van der Waals surface area contributed by atoms with Crippen LogP contribution in [-0.4, -0.2) is 30.7 Å². The van der Waals surface area contributed by atoms with Crippen LogP contribution in [-0.2, 0) is 13.0 Å². The number of aromatic nitrogens is 1. The van der Waals surface area contributed by atoms with Crippen molar-refractivity contribution in [1.82, 2.24) is 10.3 Å². The number of pyridine rings is 1. The van der Waals surface area contributed by atoms with Gasteiger partial charge in [-0.3, -0.25) is 4.98 Å². The molecular formula is C21H28N4O2. The number of ether oxygens (including phenoxy) is 2. The van der Waals surface area contributed by atoms with Crippen molar-refractivity contribution in [1.29, 1.82) is 0 Å². The maximum atomic E-state index is 6.20. The fourth-order valence-electron chi connectivity index (χ4n) is 3.18. The van der Waals surface area contributed by atoms with Crippen LogP contribution in [0.25, 0.3) is 0 Å². The first-order valence-corrected chi connectivity index (χ1v) is 9.52. The van der Waals surface area contributed by atoms with E-state index < -0.39 is 0 Å². The maximum Gasteiger partial charge on any atom is 0.188 e. The third-order valence-corrected chi connectivity index (χ3v) is 4.70. The summed E-state index contributed by atoms with van der Waals surface area (Å²) < 4.78 is 11.5. The Morgan fingerprint density at radius 1 is 1.26 bits per heavy atom. The number of nitrogens with two attached hydrogens (primary N) is 1. The van der Waals surface area contributed by atoms with Crippen molar-refractivity contribution in [3.8, 4) is 11.5 Å². The van der Waals surface area contributed by atoms with Crippen LogP contribution in [0.1, 0.15) is 36.9 Å². The molecule has 1 saturated carbocycles. The fraction of sp³-hybridized carbons (Fsp3) is 0.429. The van der Waals surface area contributed by atoms with E-state index >= 15 is 0 Å². The van der Waals surface area contributed by atoms with Gasteiger partial charge in [0.05, 0.1) is 19.8 Å². The Bertz CT molecular complexity index is 743. The molecule has 144 valence electrons. The molecule has 1 aliphatic carbocycles. The van der Waals surface area contributed by atoms with Crippen LogP contribution in [0, 0.1) is 0 Å². The van der Waals surface area contributed by atoms with Gasteiger partial charge in [-0.15, -0.1) is 0 Å². The first-order valence-electron chi connectivity index (χ1n) is 9.52. The number of guanidine groups is 1. The number of rotatable bonds is 8. The summed E-state index contributed by atoms with van der Waals surface area (Å²) in [6.07, 6.45) is 7.56. The number of hydrogen-bond acceptors (Lipinski definition) is 4. The van der Waals surface area contributed by atoms with Crippen molar-refractivity contribution < 1.29 is 9.47 Å². The van der Waals surface area contributed by atoms with E-state index in [1.165, 1.54) is 12.8 Å². The SMILES string of the molecule is COc1ccc(CN=C(N)NCCc2ccccn2)c(OC2CCCC2)c1. The number of benzene rings is 1. The standard InChI is InChI=1S/C21H28N4O2/c1-26-19-10-9-16(20(14-19)27-18-7-2-3-8-18)15-25-21(22)24-13-11-17-6-4-5-12-23-17/h4-6,9-10,12,14,18H,2-3,7-8,11,13,15H2,1H3,(H3,22,24,25). The minimum Gasteiger partial charge on any atom is -0.497 e. The van der Waals surface area contributed by atoms with Gasteiger partial charge in [-0.05, 0) is 49.9 Å². The van der Waals surface area contributed by atoms with Gasteiger partial charge in [0, 0.05) is 36.5 Å². The zero-order chi connectivity index (χ0) is 18.9. The molecule has 2 aromatic rings. The number of hydrogen-bond donors (Lipinski definition) is 2. The predicted molar refractivity (Wildman–Crippen MR) is 107 cm³/mol. The maximum absolute atomic E-state index is 6.20. The van der Waals surface area contributed by atoms with E-state index in [0.717, 1.165) is 42.0 Å². The molecule has 1 fully saturated rings. The molecule has 6 heteroatoms. The lowest BCUT2D eigenvalue weighted by atomic mass is 10.2. The lowest BCUT2D eigenvalue weighted by Gasteiger charge is -2.17. The molecule has 1 aliphatic rings. The predicted octanol–water partition coefficient (Wildman–Crippen LogP) is 3.06. The summed E-state index contributed by atoms with van der Waals surface area (Å²) in [7, 11) is 1.66. The van der Waals surface area contributed by atoms with Crippen LogP contribution >= 0.6 is 0 Å². The minimum atomic E-state index is 0.286. The summed E-state index contributed by atoms with van der Waals surface area (Å²) in [6.45, 7) is 1.16. The second-order valence-corrected chi connectivity index (χ2v) is 6.70. The Balaban J connectivity index is 1.57. The highest BCUT2D eigenvalue weighted by Crippen LogP contribution is 2.30. The summed E-state index contributed by atoms with van der Waals surface area (Å²) in [6, 6.07) is 11.7. The molecule has 3 rings (SSSR count). The average Bonchev–Trinajstić information content (AvgIpc) is 3.21. The number of aliphatic imine (C=N–C) groups is 1. The largest absolute Gasteiger partial charge is 0.497 e. The average molecular weight is 368 g/mol. The van der Waals surface area contributed by atoms with Gasteiger partial charge in [0.25, 0.3) is 0 Å². The smallest absolute Gasteiger partial charge is 0.188 e. The molecule has 0 unspecified atom stereocenters. The van der Waals surface area contributed by atoms with E-state index in [1.807, 2.05) is 36.4 Å². The monoisotopic (exact) mass is 368 g/mol. The van der Waals surface area contributed by atoms with E-state index in [-0.39, 0.29) is 6.10 Å². The highest BCUT2D eigenvalue weighted by molar-refractivity contribution is 5.77. The lowest BCUT2D eigenvalue weighted by Crippen LogP contribution is -2.33. The van der Waals surface area contributed by atoms with Crippen LogP contribution in [0.15, 0.2) is 47.6 Å². The molecule has 27 heavy (non-hydrogen) atoms. The van der Waals surface area contributed by atoms with E-state index in [4.69, 9.17) is 15.2 Å². The number of methoxy groups -OCH3 is 1. The topological polar surface area (TPSA) is 81.8 Å². The molecule has 1 aromatic heterocycles. The second kappa shape index (κ2) is 9.80. The molecule has 0 bridgehead atoms. The second-order valence-electron chi connectivity index (χ2n) is 6.70. The third-order valence-electron chi connectivity index (χ3n) is 4.70. The molecule has 0 radical (unpaired) electrons. The molecule has 1 heterocycles. The number of nitrogens with zero attached hydrogens (tertiary/aromatic N) is 2. The summed E-state index contributed by atoms with van der Waals surface area (Å²) in [5.74, 6) is 2.05. The van der Waals surface area contributed by atoms with Crippen LogP contribution < -0.4 is 20.5 Å². The normalized spacial score (nSPS) is 14.9. The highest BCUT2D eigenvalue weighted by atomic mass is 16.5. The summed E-state index contributed by atoms with van der Waals surface area (Å²) in [5, 5.41) is 3.14. The summed E-state index contributed by atoms with van der Waals surface area (Å²) in [4.78, 5) is 8.76. The van der Waals surface area contributed by atoms with Gasteiger partial charge in [-0.1, -0.05) is 6.07 Å². The van der Waals surface area contributed by atoms with E-state index in [1.54, 1.807) is 13.3 Å². The van der Waals surface area contributed by atoms with Crippen molar-refractivity contribution >= 4 is 5.96 Å². The Kier molecular flexibility index (Phi) is 6.90. The van der Waals surface area contributed by atoms with E-state index in [9.17, 15) is 0 Å². The van der Waals surface area contributed by atoms with Crippen molar-refractivity contribution in [2.45, 2.75) is 44.8 Å². The highest BCUT2D eigenvalue weighted by Gasteiger charge is 2.18. The van der Waals surface area contributed by atoms with Gasteiger partial charge in [-0.25, -0.2) is 4.99 Å². The first-order chi connectivity index (χ1) is 13.2. The van der Waals surface area contributed by atoms with Crippen LogP contribution in [0.5, 0.6) is 11.5 Å². The Hall–Kier alpha value is -2.76. The van der Waals surface area contributed by atoms with Gasteiger partial charge in [0.15, 0.2) is 5.96 Å². The Morgan fingerprint density at radius 3 is 2.85 bits per heavy atom. The first kappa shape index (κ1) is 19.0. The molecule has 0 atom stereocenters.